The third-order valence-electron chi connectivity index (χ3n) is 3.67. The van der Waals surface area contributed by atoms with Crippen LogP contribution in [0.25, 0.3) is 0 Å². The van der Waals surface area contributed by atoms with E-state index in [4.69, 9.17) is 5.11 Å². The molecule has 0 aromatic heterocycles. The first-order chi connectivity index (χ1) is 9.73. The Morgan fingerprint density at radius 2 is 2.00 bits per heavy atom. The van der Waals surface area contributed by atoms with Gasteiger partial charge in [0.2, 0.25) is 10.0 Å². The molecule has 21 heavy (non-hydrogen) atoms. The number of ether oxygens (including phenoxy) is 1. The summed E-state index contributed by atoms with van der Waals surface area (Å²) in [7, 11) is -2.48. The molecule has 0 amide bonds. The molecule has 8 heteroatoms. The summed E-state index contributed by atoms with van der Waals surface area (Å²) >= 11 is 0. The molecule has 1 fully saturated rings. The summed E-state index contributed by atoms with van der Waals surface area (Å²) in [5.74, 6) is -1.85. The molecule has 0 aromatic rings. The van der Waals surface area contributed by atoms with Crippen LogP contribution in [0.15, 0.2) is 0 Å². The second-order valence-electron chi connectivity index (χ2n) is 5.66. The van der Waals surface area contributed by atoms with Gasteiger partial charge < -0.3 is 9.84 Å². The quantitative estimate of drug-likeness (QED) is 0.578. The Balaban J connectivity index is 2.64. The van der Waals surface area contributed by atoms with Gasteiger partial charge in [0.1, 0.15) is 6.04 Å². The molecule has 1 aliphatic carbocycles. The maximum atomic E-state index is 12.1. The van der Waals surface area contributed by atoms with Gasteiger partial charge in [0.25, 0.3) is 0 Å². The summed E-state index contributed by atoms with van der Waals surface area (Å²) in [5, 5.41) is 9.06. The van der Waals surface area contributed by atoms with Crippen LogP contribution < -0.4 is 4.72 Å². The minimum Gasteiger partial charge on any atom is -0.480 e. The maximum Gasteiger partial charge on any atom is 0.321 e. The van der Waals surface area contributed by atoms with E-state index in [1.807, 2.05) is 6.92 Å². The van der Waals surface area contributed by atoms with Crippen LogP contribution in [0.4, 0.5) is 0 Å². The number of carbonyl (C=O) groups is 2. The van der Waals surface area contributed by atoms with Gasteiger partial charge in [-0.2, -0.15) is 0 Å². The van der Waals surface area contributed by atoms with E-state index >= 15 is 0 Å². The van der Waals surface area contributed by atoms with E-state index in [1.165, 1.54) is 7.11 Å². The highest BCUT2D eigenvalue weighted by molar-refractivity contribution is 7.89. The number of carbonyl (C=O) groups excluding carboxylic acids is 1. The Bertz CT molecular complexity index is 483. The van der Waals surface area contributed by atoms with E-state index in [0.29, 0.717) is 19.3 Å². The summed E-state index contributed by atoms with van der Waals surface area (Å²) in [4.78, 5) is 22.4. The van der Waals surface area contributed by atoms with Crippen molar-refractivity contribution in [1.29, 1.82) is 0 Å². The van der Waals surface area contributed by atoms with E-state index in [0.717, 1.165) is 6.42 Å². The minimum atomic E-state index is -3.74. The van der Waals surface area contributed by atoms with Crippen LogP contribution in [0.2, 0.25) is 0 Å². The van der Waals surface area contributed by atoms with Gasteiger partial charge in [-0.1, -0.05) is 19.8 Å². The standard InChI is InChI=1S/C13H23NO6S/c1-3-4-5-10(12(16)17)14-21(18,19)9-13(6-7-13)8-11(15)20-2/h10,14H,3-9H2,1-2H3,(H,16,17)/t10-/m0/s1. The number of sulfonamides is 1. The van der Waals surface area contributed by atoms with Gasteiger partial charge in [-0.15, -0.1) is 0 Å². The van der Waals surface area contributed by atoms with Crippen molar-refractivity contribution < 1.29 is 27.9 Å². The van der Waals surface area contributed by atoms with E-state index in [1.54, 1.807) is 0 Å². The minimum absolute atomic E-state index is 0.0527. The van der Waals surface area contributed by atoms with Crippen LogP contribution in [0.5, 0.6) is 0 Å². The van der Waals surface area contributed by atoms with Crippen molar-refractivity contribution >= 4 is 22.0 Å². The Hall–Kier alpha value is -1.15. The molecule has 122 valence electrons. The average molecular weight is 321 g/mol. The largest absolute Gasteiger partial charge is 0.480 e. The molecule has 1 saturated carbocycles. The SMILES string of the molecule is CCCC[C@H](NS(=O)(=O)CC1(CC(=O)OC)CC1)C(=O)O. The lowest BCUT2D eigenvalue weighted by Gasteiger charge is -2.18. The van der Waals surface area contributed by atoms with Crippen molar-refractivity contribution in [3.8, 4) is 0 Å². The maximum absolute atomic E-state index is 12.1. The van der Waals surface area contributed by atoms with Gasteiger partial charge in [-0.3, -0.25) is 9.59 Å². The number of carboxylic acid groups (broad SMARTS) is 1. The molecule has 1 aliphatic rings. The molecule has 0 radical (unpaired) electrons. The van der Waals surface area contributed by atoms with Crippen molar-refractivity contribution in [1.82, 2.24) is 4.72 Å². The van der Waals surface area contributed by atoms with E-state index in [9.17, 15) is 18.0 Å². The molecule has 0 bridgehead atoms. The summed E-state index contributed by atoms with van der Waals surface area (Å²) in [6.07, 6.45) is 3.00. The van der Waals surface area contributed by atoms with Gasteiger partial charge in [0, 0.05) is 0 Å². The van der Waals surface area contributed by atoms with Gasteiger partial charge >= 0.3 is 11.9 Å². The zero-order valence-corrected chi connectivity index (χ0v) is 13.2. The Kier molecular flexibility index (Phi) is 6.15. The number of hydrogen-bond donors (Lipinski definition) is 2. The van der Waals surface area contributed by atoms with E-state index in [-0.39, 0.29) is 18.6 Å². The molecule has 0 aliphatic heterocycles. The Labute approximate surface area is 125 Å². The summed E-state index contributed by atoms with van der Waals surface area (Å²) in [6, 6.07) is -1.11. The topological polar surface area (TPSA) is 110 Å². The highest BCUT2D eigenvalue weighted by Gasteiger charge is 2.48. The van der Waals surface area contributed by atoms with Crippen molar-refractivity contribution in [2.45, 2.75) is 51.5 Å². The van der Waals surface area contributed by atoms with Crippen molar-refractivity contribution in [2.24, 2.45) is 5.41 Å². The van der Waals surface area contributed by atoms with Crippen LogP contribution in [0.3, 0.4) is 0 Å². The molecule has 1 rings (SSSR count). The molecule has 7 nitrogen and oxygen atoms in total. The van der Waals surface area contributed by atoms with Crippen molar-refractivity contribution in [2.75, 3.05) is 12.9 Å². The van der Waals surface area contributed by atoms with Gasteiger partial charge in [-0.25, -0.2) is 13.1 Å². The van der Waals surface area contributed by atoms with Crippen LogP contribution in [0.1, 0.15) is 45.4 Å². The highest BCUT2D eigenvalue weighted by atomic mass is 32.2. The molecule has 2 N–H and O–H groups in total. The number of aliphatic carboxylic acids is 1. The van der Waals surface area contributed by atoms with E-state index < -0.39 is 33.4 Å². The van der Waals surface area contributed by atoms with Crippen LogP contribution >= 0.6 is 0 Å². The predicted octanol–water partition coefficient (Wildman–Crippen LogP) is 0.893. The second kappa shape index (κ2) is 7.22. The van der Waals surface area contributed by atoms with E-state index in [2.05, 4.69) is 9.46 Å². The Morgan fingerprint density at radius 1 is 1.38 bits per heavy atom. The third kappa shape index (κ3) is 6.01. The number of unbranched alkanes of at least 4 members (excludes halogenated alkanes) is 1. The summed E-state index contributed by atoms with van der Waals surface area (Å²) in [5.41, 5.74) is -0.591. The molecule has 0 aromatic carbocycles. The molecule has 1 atom stereocenters. The lowest BCUT2D eigenvalue weighted by atomic mass is 10.1. The fraction of sp³-hybridized carbons (Fsp3) is 0.846. The highest BCUT2D eigenvalue weighted by Crippen LogP contribution is 2.49. The summed E-state index contributed by atoms with van der Waals surface area (Å²) in [6.45, 7) is 1.91. The van der Waals surface area contributed by atoms with Gasteiger partial charge in [0.15, 0.2) is 0 Å². The zero-order valence-electron chi connectivity index (χ0n) is 12.4. The first-order valence-electron chi connectivity index (χ1n) is 7.03. The van der Waals surface area contributed by atoms with Gasteiger partial charge in [0.05, 0.1) is 19.3 Å². The zero-order chi connectivity index (χ0) is 16.1. The third-order valence-corrected chi connectivity index (χ3v) is 5.30. The number of hydrogen-bond acceptors (Lipinski definition) is 5. The number of nitrogens with one attached hydrogen (secondary N) is 1. The van der Waals surface area contributed by atoms with Gasteiger partial charge in [-0.05, 0) is 24.7 Å². The second-order valence-corrected chi connectivity index (χ2v) is 7.42. The number of carboxylic acids is 1. The lowest BCUT2D eigenvalue weighted by Crippen LogP contribution is -2.43. The molecule has 0 saturated heterocycles. The fourth-order valence-electron chi connectivity index (χ4n) is 2.23. The van der Waals surface area contributed by atoms with Crippen LogP contribution in [-0.2, 0) is 24.3 Å². The molecule has 0 unspecified atom stereocenters. The average Bonchev–Trinajstić information content (AvgIpc) is 3.12. The first kappa shape index (κ1) is 17.9. The lowest BCUT2D eigenvalue weighted by molar-refractivity contribution is -0.142. The number of methoxy groups -OCH3 is 1. The Morgan fingerprint density at radius 3 is 2.43 bits per heavy atom. The van der Waals surface area contributed by atoms with Crippen LogP contribution in [-0.4, -0.2) is 44.4 Å². The number of rotatable bonds is 10. The molecule has 0 spiro atoms. The fourth-order valence-corrected chi connectivity index (χ4v) is 4.16. The normalized spacial score (nSPS) is 18.0. The van der Waals surface area contributed by atoms with Crippen molar-refractivity contribution in [3.05, 3.63) is 0 Å². The van der Waals surface area contributed by atoms with Crippen LogP contribution in [0, 0.1) is 5.41 Å². The smallest absolute Gasteiger partial charge is 0.321 e. The first-order valence-corrected chi connectivity index (χ1v) is 8.68. The van der Waals surface area contributed by atoms with Crippen molar-refractivity contribution in [3.63, 3.8) is 0 Å². The predicted molar refractivity (Wildman–Crippen MR) is 76.2 cm³/mol. The molecule has 0 heterocycles. The molecular weight excluding hydrogens is 298 g/mol. The monoisotopic (exact) mass is 321 g/mol. The molecular formula is C13H23NO6S. The summed E-state index contributed by atoms with van der Waals surface area (Å²) < 4.78 is 31.0. The number of esters is 1.